The Morgan fingerprint density at radius 1 is 0.625 bits per heavy atom. The molecule has 0 aliphatic carbocycles. The number of hydrogen-bond donors (Lipinski definition) is 3. The molecule has 0 atom stereocenters. The van der Waals surface area contributed by atoms with Crippen LogP contribution >= 0.6 is 0 Å². The molecule has 2 heterocycles. The summed E-state index contributed by atoms with van der Waals surface area (Å²) >= 11 is 0. The minimum atomic E-state index is -0.745. The first-order valence-electron chi connectivity index (χ1n) is 21.1. The van der Waals surface area contributed by atoms with Gasteiger partial charge in [0.05, 0.1) is 92.8 Å². The van der Waals surface area contributed by atoms with Crippen LogP contribution in [0.15, 0.2) is 56.3 Å². The number of ether oxygens (including phenoxy) is 9. The number of esters is 1. The van der Waals surface area contributed by atoms with Crippen molar-refractivity contribution in [3.63, 3.8) is 0 Å². The maximum absolute atomic E-state index is 12.2. The number of carbonyl (C=O) groups excluding carboxylic acids is 4. The Bertz CT molecular complexity index is 2010. The van der Waals surface area contributed by atoms with Crippen molar-refractivity contribution in [2.75, 3.05) is 126 Å². The Morgan fingerprint density at radius 3 is 1.92 bits per heavy atom. The van der Waals surface area contributed by atoms with Crippen molar-refractivity contribution >= 4 is 45.7 Å². The van der Waals surface area contributed by atoms with E-state index in [1.807, 2.05) is 13.8 Å². The van der Waals surface area contributed by atoms with Crippen LogP contribution in [0.2, 0.25) is 0 Å². The number of rotatable bonds is 33. The second-order valence-electron chi connectivity index (χ2n) is 13.3. The smallest absolute Gasteiger partial charge is 0.349 e. The number of hydrogen-bond acceptors (Lipinski definition) is 18. The van der Waals surface area contributed by atoms with E-state index >= 15 is 0 Å². The highest BCUT2D eigenvalue weighted by Crippen LogP contribution is 2.20. The minimum Gasteiger partial charge on any atom is -0.484 e. The normalized spacial score (nSPS) is 10.9. The van der Waals surface area contributed by atoms with Crippen LogP contribution < -0.4 is 26.3 Å². The molecule has 2 aromatic carbocycles. The predicted molar refractivity (Wildman–Crippen MR) is 230 cm³/mol. The van der Waals surface area contributed by atoms with Gasteiger partial charge in [0.15, 0.2) is 6.61 Å². The number of aromatic nitrogens is 2. The van der Waals surface area contributed by atoms with E-state index in [2.05, 4.69) is 35.6 Å². The molecule has 64 heavy (non-hydrogen) atoms. The van der Waals surface area contributed by atoms with Crippen LogP contribution in [0.4, 0.5) is 0 Å². The van der Waals surface area contributed by atoms with Gasteiger partial charge in [-0.25, -0.2) is 9.42 Å². The zero-order valence-corrected chi connectivity index (χ0v) is 36.8. The molecule has 0 saturated carbocycles. The molecule has 4 rings (SSSR count). The van der Waals surface area contributed by atoms with E-state index in [4.69, 9.17) is 42.3 Å². The Kier molecular flexibility index (Phi) is 27.2. The molecule has 21 nitrogen and oxygen atoms in total. The van der Waals surface area contributed by atoms with Crippen LogP contribution in [0, 0.1) is 0 Å². The van der Waals surface area contributed by atoms with Crippen molar-refractivity contribution in [2.24, 2.45) is 0 Å². The molecule has 3 amide bonds. The van der Waals surface area contributed by atoms with Gasteiger partial charge >= 0.3 is 11.6 Å². The van der Waals surface area contributed by atoms with Crippen molar-refractivity contribution in [2.45, 2.75) is 33.1 Å². The summed E-state index contributed by atoms with van der Waals surface area (Å²) in [6.45, 7) is 11.5. The van der Waals surface area contributed by atoms with E-state index < -0.39 is 11.5 Å². The highest BCUT2D eigenvalue weighted by atomic mass is 16.6. The van der Waals surface area contributed by atoms with Crippen LogP contribution in [0.3, 0.4) is 0 Å². The molecule has 0 fully saturated rings. The summed E-state index contributed by atoms with van der Waals surface area (Å²) in [5, 5.41) is 16.1. The third-order valence-electron chi connectivity index (χ3n) is 8.44. The Labute approximate surface area is 370 Å². The van der Waals surface area contributed by atoms with Gasteiger partial charge in [-0.1, -0.05) is 6.92 Å². The molecule has 4 aromatic rings. The van der Waals surface area contributed by atoms with Gasteiger partial charge in [-0.2, -0.15) is 0 Å². The summed E-state index contributed by atoms with van der Waals surface area (Å²) in [7, 11) is 1.33. The molecule has 0 unspecified atom stereocenters. The molecule has 0 radical (unpaired) electrons. The standard InChI is InChI=1S/C27H38N2O11.C16H23N3O5/c1-3-7-29-26(32)22-17-20-4-5-21(18-23(20)40-27(22)33)39-19-24(30)28-8-10-36-12-14-38-16-15-37-13-11-35-9-6-25(31)34-2;1-2-21-8-9-23-11-10-22-7-3-6-17-16(20)13-4-5-14-15(12-13)19-24-18-14/h4-5,17-18H,3,6-16,19H2,1-2H3,(H,28,30)(H,29,32);4-5,12H,2-3,6-11H2,1H3,(H,17,20). The summed E-state index contributed by atoms with van der Waals surface area (Å²) in [6.07, 6.45) is 1.70. The van der Waals surface area contributed by atoms with Crippen molar-refractivity contribution in [1.82, 2.24) is 26.3 Å². The maximum Gasteiger partial charge on any atom is 0.349 e. The molecular weight excluding hydrogens is 842 g/mol. The number of nitrogens with one attached hydrogen (secondary N) is 3. The lowest BCUT2D eigenvalue weighted by molar-refractivity contribution is -0.142. The fraction of sp³-hybridized carbons (Fsp3) is 0.558. The van der Waals surface area contributed by atoms with Gasteiger partial charge in [0.25, 0.3) is 17.7 Å². The van der Waals surface area contributed by atoms with Crippen LogP contribution in [0.1, 0.15) is 53.8 Å². The van der Waals surface area contributed by atoms with Gasteiger partial charge in [-0.05, 0) is 66.5 Å². The second kappa shape index (κ2) is 33.0. The summed E-state index contributed by atoms with van der Waals surface area (Å²) in [6, 6.07) is 11.3. The first kappa shape index (κ1) is 52.8. The molecule has 2 aromatic heterocycles. The molecule has 0 bridgehead atoms. The average Bonchev–Trinajstić information content (AvgIpc) is 3.78. The Hall–Kier alpha value is -5.55. The van der Waals surface area contributed by atoms with E-state index in [0.717, 1.165) is 12.8 Å². The van der Waals surface area contributed by atoms with Gasteiger partial charge in [0, 0.05) is 49.9 Å². The molecule has 0 aliphatic rings. The zero-order valence-electron chi connectivity index (χ0n) is 36.8. The van der Waals surface area contributed by atoms with Gasteiger partial charge < -0.3 is 63.0 Å². The molecule has 0 saturated heterocycles. The van der Waals surface area contributed by atoms with Gasteiger partial charge in [-0.15, -0.1) is 0 Å². The lowest BCUT2D eigenvalue weighted by Gasteiger charge is -2.09. The maximum atomic E-state index is 12.2. The first-order valence-corrected chi connectivity index (χ1v) is 21.1. The predicted octanol–water partition coefficient (Wildman–Crippen LogP) is 2.47. The number of fused-ring (bicyclic) bond motifs is 2. The fourth-order valence-corrected chi connectivity index (χ4v) is 5.14. The van der Waals surface area contributed by atoms with Crippen molar-refractivity contribution in [1.29, 1.82) is 0 Å². The van der Waals surface area contributed by atoms with E-state index in [1.165, 1.54) is 19.2 Å². The van der Waals surface area contributed by atoms with Crippen LogP contribution in [-0.4, -0.2) is 160 Å². The van der Waals surface area contributed by atoms with Gasteiger partial charge in [0.1, 0.15) is 27.9 Å². The number of amides is 3. The molecule has 0 aliphatic heterocycles. The summed E-state index contributed by atoms with van der Waals surface area (Å²) in [5.74, 6) is -0.938. The first-order chi connectivity index (χ1) is 31.2. The van der Waals surface area contributed by atoms with Crippen LogP contribution in [0.25, 0.3) is 22.0 Å². The van der Waals surface area contributed by atoms with E-state index in [1.54, 1.807) is 30.3 Å². The topological polar surface area (TPSA) is 257 Å². The summed E-state index contributed by atoms with van der Waals surface area (Å²) < 4.78 is 57.1. The molecule has 3 N–H and O–H groups in total. The number of benzene rings is 2. The number of carbonyl (C=O) groups is 4. The van der Waals surface area contributed by atoms with E-state index in [9.17, 15) is 24.0 Å². The second-order valence-corrected chi connectivity index (χ2v) is 13.3. The van der Waals surface area contributed by atoms with Crippen molar-refractivity contribution in [3.8, 4) is 5.75 Å². The Morgan fingerprint density at radius 2 is 1.25 bits per heavy atom. The molecular formula is C43H61N5O16. The largest absolute Gasteiger partial charge is 0.484 e. The number of nitrogens with zero attached hydrogens (tertiary/aromatic N) is 2. The monoisotopic (exact) mass is 903 g/mol. The van der Waals surface area contributed by atoms with Crippen molar-refractivity contribution < 1.29 is 70.9 Å². The third kappa shape index (κ3) is 22.2. The lowest BCUT2D eigenvalue weighted by Crippen LogP contribution is -2.31. The van der Waals surface area contributed by atoms with Crippen LogP contribution in [0.5, 0.6) is 5.75 Å². The molecule has 354 valence electrons. The SMILES string of the molecule is CCCNC(=O)c1cc2ccc(OCC(=O)NCCOCCOCCOCCOCCC(=O)OC)cc2oc1=O.CCOCCOCCOCCCNC(=O)c1ccc2nonc2c1. The lowest BCUT2D eigenvalue weighted by atomic mass is 10.1. The van der Waals surface area contributed by atoms with E-state index in [-0.39, 0.29) is 42.0 Å². The van der Waals surface area contributed by atoms with Crippen LogP contribution in [-0.2, 0) is 47.5 Å². The molecule has 0 spiro atoms. The highest BCUT2D eigenvalue weighted by molar-refractivity contribution is 5.97. The van der Waals surface area contributed by atoms with E-state index in [0.29, 0.717) is 140 Å². The summed E-state index contributed by atoms with van der Waals surface area (Å²) in [5.41, 5.74) is 1.16. The van der Waals surface area contributed by atoms with Gasteiger partial charge in [0.2, 0.25) is 0 Å². The van der Waals surface area contributed by atoms with Crippen molar-refractivity contribution in [3.05, 3.63) is 64.0 Å². The van der Waals surface area contributed by atoms with Gasteiger partial charge in [-0.3, -0.25) is 19.2 Å². The fourth-order valence-electron chi connectivity index (χ4n) is 5.14. The third-order valence-corrected chi connectivity index (χ3v) is 8.44. The molecule has 21 heteroatoms. The quantitative estimate of drug-likeness (QED) is 0.0353. The highest BCUT2D eigenvalue weighted by Gasteiger charge is 2.14. The minimum absolute atomic E-state index is 0.0656. The zero-order chi connectivity index (χ0) is 46.0. The Balaban J connectivity index is 0.000000385. The average molecular weight is 904 g/mol. The summed E-state index contributed by atoms with van der Waals surface area (Å²) in [4.78, 5) is 59.2. The number of methoxy groups -OCH3 is 1.